The predicted octanol–water partition coefficient (Wildman–Crippen LogP) is 1.78. The van der Waals surface area contributed by atoms with E-state index in [2.05, 4.69) is 17.2 Å². The Hall–Kier alpha value is -0.500. The van der Waals surface area contributed by atoms with E-state index in [1.165, 1.54) is 12.8 Å². The molecule has 7 heteroatoms. The third-order valence-electron chi connectivity index (χ3n) is 4.31. The highest BCUT2D eigenvalue weighted by Gasteiger charge is 2.35. The topological polar surface area (TPSA) is 65.2 Å². The third-order valence-corrected chi connectivity index (χ3v) is 7.61. The van der Waals surface area contributed by atoms with Gasteiger partial charge in [0.25, 0.3) is 0 Å². The largest absolute Gasteiger partial charge is 0.363 e. The van der Waals surface area contributed by atoms with Gasteiger partial charge in [0.2, 0.25) is 10.0 Å². The molecule has 21 heavy (non-hydrogen) atoms. The Kier molecular flexibility index (Phi) is 4.36. The number of aromatic amines is 1. The number of sulfonamides is 1. The average Bonchev–Trinajstić information content (AvgIpc) is 3.15. The molecule has 2 fully saturated rings. The number of H-pyrrole nitrogens is 1. The van der Waals surface area contributed by atoms with E-state index in [0.29, 0.717) is 29.3 Å². The van der Waals surface area contributed by atoms with Gasteiger partial charge in [-0.2, -0.15) is 16.1 Å². The fourth-order valence-electron chi connectivity index (χ4n) is 2.59. The summed E-state index contributed by atoms with van der Waals surface area (Å²) in [4.78, 5) is 3.48. The van der Waals surface area contributed by atoms with Crippen LogP contribution in [0.2, 0.25) is 0 Å². The van der Waals surface area contributed by atoms with Crippen molar-refractivity contribution in [1.29, 1.82) is 0 Å². The normalized spacial score (nSPS) is 27.9. The minimum atomic E-state index is -3.39. The van der Waals surface area contributed by atoms with E-state index < -0.39 is 10.0 Å². The Labute approximate surface area is 130 Å². The summed E-state index contributed by atoms with van der Waals surface area (Å²) in [6.45, 7) is 5.40. The first-order valence-electron chi connectivity index (χ1n) is 7.52. The SMILES string of the molecule is CC1SCCN(S(=O)(=O)c2c[nH]c(CNC3CC3)c2)C1C. The van der Waals surface area contributed by atoms with Crippen LogP contribution in [0.4, 0.5) is 0 Å². The van der Waals surface area contributed by atoms with Crippen molar-refractivity contribution >= 4 is 21.8 Å². The zero-order valence-corrected chi connectivity index (χ0v) is 14.1. The van der Waals surface area contributed by atoms with Gasteiger partial charge in [-0.15, -0.1) is 0 Å². The summed E-state index contributed by atoms with van der Waals surface area (Å²) in [5, 5.41) is 3.73. The summed E-state index contributed by atoms with van der Waals surface area (Å²) in [5.41, 5.74) is 0.938. The Morgan fingerprint density at radius 3 is 2.90 bits per heavy atom. The van der Waals surface area contributed by atoms with E-state index in [-0.39, 0.29) is 6.04 Å². The van der Waals surface area contributed by atoms with Crippen molar-refractivity contribution in [2.24, 2.45) is 0 Å². The lowest BCUT2D eigenvalue weighted by Gasteiger charge is -2.36. The molecule has 1 aromatic heterocycles. The fraction of sp³-hybridized carbons (Fsp3) is 0.714. The monoisotopic (exact) mass is 329 g/mol. The molecule has 1 aliphatic carbocycles. The maximum Gasteiger partial charge on any atom is 0.244 e. The van der Waals surface area contributed by atoms with Crippen LogP contribution in [0.25, 0.3) is 0 Å². The first kappa shape index (κ1) is 15.4. The van der Waals surface area contributed by atoms with E-state index >= 15 is 0 Å². The van der Waals surface area contributed by atoms with Gasteiger partial charge in [-0.1, -0.05) is 6.92 Å². The fourth-order valence-corrected chi connectivity index (χ4v) is 5.61. The summed E-state index contributed by atoms with van der Waals surface area (Å²) in [7, 11) is -3.39. The van der Waals surface area contributed by atoms with Crippen LogP contribution in [0.1, 0.15) is 32.4 Å². The number of hydrogen-bond acceptors (Lipinski definition) is 4. The van der Waals surface area contributed by atoms with Crippen molar-refractivity contribution in [3.63, 3.8) is 0 Å². The summed E-state index contributed by atoms with van der Waals surface area (Å²) < 4.78 is 27.2. The van der Waals surface area contributed by atoms with Gasteiger partial charge in [0, 0.05) is 48.1 Å². The lowest BCUT2D eigenvalue weighted by atomic mass is 10.2. The van der Waals surface area contributed by atoms with Crippen LogP contribution in [-0.2, 0) is 16.6 Å². The molecular weight excluding hydrogens is 306 g/mol. The summed E-state index contributed by atoms with van der Waals surface area (Å²) in [6, 6.07) is 2.43. The van der Waals surface area contributed by atoms with Gasteiger partial charge in [0.15, 0.2) is 0 Å². The highest BCUT2D eigenvalue weighted by atomic mass is 32.2. The highest BCUT2D eigenvalue weighted by Crippen LogP contribution is 2.29. The molecule has 118 valence electrons. The summed E-state index contributed by atoms with van der Waals surface area (Å²) >= 11 is 1.84. The molecule has 0 bridgehead atoms. The third kappa shape index (κ3) is 3.31. The van der Waals surface area contributed by atoms with Crippen LogP contribution in [-0.4, -0.2) is 47.3 Å². The first-order chi connectivity index (χ1) is 9.98. The molecule has 0 aromatic carbocycles. The standard InChI is InChI=1S/C14H23N3O2S2/c1-10-11(2)20-6-5-17(10)21(18,19)14-7-13(16-9-14)8-15-12-3-4-12/h7,9-12,15-16H,3-6,8H2,1-2H3. The molecule has 2 unspecified atom stereocenters. The lowest BCUT2D eigenvalue weighted by molar-refractivity contribution is 0.340. The molecule has 0 amide bonds. The molecule has 1 saturated heterocycles. The Morgan fingerprint density at radius 1 is 1.43 bits per heavy atom. The van der Waals surface area contributed by atoms with Gasteiger partial charge in [-0.3, -0.25) is 0 Å². The second kappa shape index (κ2) is 5.95. The molecule has 2 aliphatic rings. The van der Waals surface area contributed by atoms with Gasteiger partial charge < -0.3 is 10.3 Å². The Bertz CT molecular complexity index is 595. The molecule has 1 saturated carbocycles. The maximum atomic E-state index is 12.8. The molecule has 2 heterocycles. The minimum absolute atomic E-state index is 0.0386. The molecule has 1 aliphatic heterocycles. The molecule has 2 N–H and O–H groups in total. The molecular formula is C14H23N3O2S2. The quantitative estimate of drug-likeness (QED) is 0.864. The van der Waals surface area contributed by atoms with E-state index in [9.17, 15) is 8.42 Å². The van der Waals surface area contributed by atoms with Crippen molar-refractivity contribution < 1.29 is 8.42 Å². The Morgan fingerprint density at radius 2 is 2.19 bits per heavy atom. The number of nitrogens with one attached hydrogen (secondary N) is 2. The molecule has 1 aromatic rings. The van der Waals surface area contributed by atoms with Gasteiger partial charge in [0.05, 0.1) is 4.90 Å². The van der Waals surface area contributed by atoms with Crippen LogP contribution in [0.15, 0.2) is 17.2 Å². The zero-order chi connectivity index (χ0) is 15.0. The van der Waals surface area contributed by atoms with Crippen LogP contribution in [0, 0.1) is 0 Å². The van der Waals surface area contributed by atoms with Gasteiger partial charge in [-0.25, -0.2) is 8.42 Å². The second-order valence-electron chi connectivity index (χ2n) is 5.95. The molecule has 5 nitrogen and oxygen atoms in total. The van der Waals surface area contributed by atoms with Crippen molar-refractivity contribution in [2.75, 3.05) is 12.3 Å². The highest BCUT2D eigenvalue weighted by molar-refractivity contribution is 8.00. The van der Waals surface area contributed by atoms with E-state index in [1.807, 2.05) is 18.7 Å². The predicted molar refractivity (Wildman–Crippen MR) is 85.9 cm³/mol. The maximum absolute atomic E-state index is 12.8. The smallest absolute Gasteiger partial charge is 0.244 e. The van der Waals surface area contributed by atoms with Crippen LogP contribution >= 0.6 is 11.8 Å². The summed E-state index contributed by atoms with van der Waals surface area (Å²) in [6.07, 6.45) is 4.08. The van der Waals surface area contributed by atoms with Gasteiger partial charge in [-0.05, 0) is 25.8 Å². The lowest BCUT2D eigenvalue weighted by Crippen LogP contribution is -2.47. The van der Waals surface area contributed by atoms with Crippen molar-refractivity contribution in [1.82, 2.24) is 14.6 Å². The number of nitrogens with zero attached hydrogens (tertiary/aromatic N) is 1. The van der Waals surface area contributed by atoms with E-state index in [1.54, 1.807) is 16.6 Å². The molecule has 0 radical (unpaired) electrons. The van der Waals surface area contributed by atoms with Crippen LogP contribution < -0.4 is 5.32 Å². The zero-order valence-electron chi connectivity index (χ0n) is 12.5. The molecule has 3 rings (SSSR count). The van der Waals surface area contributed by atoms with E-state index in [4.69, 9.17) is 0 Å². The van der Waals surface area contributed by atoms with E-state index in [0.717, 1.165) is 11.4 Å². The van der Waals surface area contributed by atoms with Crippen molar-refractivity contribution in [3.8, 4) is 0 Å². The number of rotatable bonds is 5. The minimum Gasteiger partial charge on any atom is -0.363 e. The van der Waals surface area contributed by atoms with Gasteiger partial charge >= 0.3 is 0 Å². The number of hydrogen-bond donors (Lipinski definition) is 2. The van der Waals surface area contributed by atoms with Crippen LogP contribution in [0.5, 0.6) is 0 Å². The summed E-state index contributed by atoms with van der Waals surface area (Å²) in [5.74, 6) is 0.866. The van der Waals surface area contributed by atoms with Gasteiger partial charge in [0.1, 0.15) is 0 Å². The average molecular weight is 329 g/mol. The van der Waals surface area contributed by atoms with Crippen molar-refractivity contribution in [2.45, 2.75) is 55.5 Å². The Balaban J connectivity index is 1.74. The second-order valence-corrected chi connectivity index (χ2v) is 9.32. The molecule has 0 spiro atoms. The first-order valence-corrected chi connectivity index (χ1v) is 10.0. The number of thioether (sulfide) groups is 1. The number of aromatic nitrogens is 1. The van der Waals surface area contributed by atoms with Crippen LogP contribution in [0.3, 0.4) is 0 Å². The van der Waals surface area contributed by atoms with Crippen molar-refractivity contribution in [3.05, 3.63) is 18.0 Å². The molecule has 2 atom stereocenters.